The highest BCUT2D eigenvalue weighted by Crippen LogP contribution is 2.33. The third-order valence-electron chi connectivity index (χ3n) is 4.75. The number of nitrogens with zero attached hydrogens (tertiary/aromatic N) is 3. The molecule has 0 N–H and O–H groups in total. The Morgan fingerprint density at radius 2 is 1.97 bits per heavy atom. The summed E-state index contributed by atoms with van der Waals surface area (Å²) < 4.78 is 39.3. The number of aromatic nitrogens is 2. The van der Waals surface area contributed by atoms with Gasteiger partial charge in [-0.05, 0) is 48.2 Å². The molecule has 0 aliphatic heterocycles. The number of benzene rings is 2. The average molecular weight is 494 g/mol. The number of aryl methyl sites for hydroxylation is 1. The zero-order chi connectivity index (χ0) is 22.1. The molecule has 160 valence electrons. The van der Waals surface area contributed by atoms with Gasteiger partial charge in [0.1, 0.15) is 5.75 Å². The van der Waals surface area contributed by atoms with Crippen molar-refractivity contribution >= 4 is 26.0 Å². The molecule has 0 saturated heterocycles. The molecule has 3 aromatic rings. The summed E-state index contributed by atoms with van der Waals surface area (Å²) in [6, 6.07) is 10.9. The van der Waals surface area contributed by atoms with Crippen LogP contribution in [0.2, 0.25) is 0 Å². The van der Waals surface area contributed by atoms with E-state index >= 15 is 0 Å². The summed E-state index contributed by atoms with van der Waals surface area (Å²) in [4.78, 5) is 4.58. The van der Waals surface area contributed by atoms with Gasteiger partial charge in [-0.25, -0.2) is 8.42 Å². The Hall–Kier alpha value is -2.23. The van der Waals surface area contributed by atoms with Crippen molar-refractivity contribution in [3.8, 4) is 17.1 Å². The number of methoxy groups -OCH3 is 1. The minimum atomic E-state index is -3.77. The fourth-order valence-electron chi connectivity index (χ4n) is 3.09. The van der Waals surface area contributed by atoms with Crippen LogP contribution in [0.4, 0.5) is 0 Å². The van der Waals surface area contributed by atoms with Gasteiger partial charge in [-0.3, -0.25) is 0 Å². The number of hydrogen-bond donors (Lipinski definition) is 0. The van der Waals surface area contributed by atoms with Crippen LogP contribution in [0.25, 0.3) is 11.4 Å². The molecule has 30 heavy (non-hydrogen) atoms. The minimum absolute atomic E-state index is 0.0359. The van der Waals surface area contributed by atoms with Crippen LogP contribution >= 0.6 is 15.9 Å². The molecule has 0 radical (unpaired) electrons. The summed E-state index contributed by atoms with van der Waals surface area (Å²) in [6.07, 6.45) is 0. The normalized spacial score (nSPS) is 12.0. The van der Waals surface area contributed by atoms with Gasteiger partial charge in [0.2, 0.25) is 21.7 Å². The third-order valence-corrected chi connectivity index (χ3v) is 7.18. The van der Waals surface area contributed by atoms with E-state index < -0.39 is 10.0 Å². The van der Waals surface area contributed by atoms with E-state index in [1.165, 1.54) is 11.4 Å². The maximum absolute atomic E-state index is 13.2. The van der Waals surface area contributed by atoms with E-state index in [1.807, 2.05) is 38.1 Å². The number of halogens is 1. The van der Waals surface area contributed by atoms with Gasteiger partial charge in [-0.1, -0.05) is 47.1 Å². The van der Waals surface area contributed by atoms with Gasteiger partial charge in [0.05, 0.1) is 18.6 Å². The molecular weight excluding hydrogens is 470 g/mol. The van der Waals surface area contributed by atoms with E-state index in [2.05, 4.69) is 26.1 Å². The molecule has 0 saturated carbocycles. The van der Waals surface area contributed by atoms with Crippen molar-refractivity contribution in [1.29, 1.82) is 0 Å². The van der Waals surface area contributed by atoms with Crippen LogP contribution in [0.1, 0.15) is 36.8 Å². The summed E-state index contributed by atoms with van der Waals surface area (Å²) in [7, 11) is -0.689. The standard InChI is InChI=1S/C21H24BrN3O4S/c1-13(2)17-11-19(14(3)9-18(17)28-5)30(26,27)25(4)12-20-23-21(24-29-20)15-7-6-8-16(22)10-15/h6-11,13H,12H2,1-5H3. The second kappa shape index (κ2) is 8.87. The molecule has 0 bridgehead atoms. The van der Waals surface area contributed by atoms with E-state index in [0.717, 1.165) is 15.6 Å². The van der Waals surface area contributed by atoms with Crippen LogP contribution in [0, 0.1) is 6.92 Å². The number of rotatable bonds is 7. The first-order chi connectivity index (χ1) is 14.1. The van der Waals surface area contributed by atoms with Crippen molar-refractivity contribution in [2.24, 2.45) is 0 Å². The van der Waals surface area contributed by atoms with Gasteiger partial charge in [-0.15, -0.1) is 0 Å². The molecule has 1 aromatic heterocycles. The van der Waals surface area contributed by atoms with Crippen molar-refractivity contribution in [3.63, 3.8) is 0 Å². The van der Waals surface area contributed by atoms with Crippen molar-refractivity contribution in [2.45, 2.75) is 38.1 Å². The number of sulfonamides is 1. The molecule has 0 spiro atoms. The van der Waals surface area contributed by atoms with Crippen molar-refractivity contribution in [3.05, 3.63) is 57.9 Å². The van der Waals surface area contributed by atoms with Crippen molar-refractivity contribution in [1.82, 2.24) is 14.4 Å². The van der Waals surface area contributed by atoms with E-state index in [9.17, 15) is 8.42 Å². The highest BCUT2D eigenvalue weighted by atomic mass is 79.9. The smallest absolute Gasteiger partial charge is 0.243 e. The lowest BCUT2D eigenvalue weighted by Gasteiger charge is -2.20. The molecule has 0 fully saturated rings. The first kappa shape index (κ1) is 22.5. The zero-order valence-corrected chi connectivity index (χ0v) is 19.9. The minimum Gasteiger partial charge on any atom is -0.496 e. The van der Waals surface area contributed by atoms with Crippen LogP contribution in [-0.4, -0.2) is 37.0 Å². The molecule has 0 atom stereocenters. The van der Waals surface area contributed by atoms with E-state index in [1.54, 1.807) is 26.2 Å². The van der Waals surface area contributed by atoms with Crippen LogP contribution in [0.15, 0.2) is 50.3 Å². The van der Waals surface area contributed by atoms with Crippen molar-refractivity contribution in [2.75, 3.05) is 14.2 Å². The van der Waals surface area contributed by atoms with Crippen LogP contribution in [-0.2, 0) is 16.6 Å². The molecule has 7 nitrogen and oxygen atoms in total. The van der Waals surface area contributed by atoms with Crippen LogP contribution in [0.5, 0.6) is 5.75 Å². The Morgan fingerprint density at radius 3 is 2.60 bits per heavy atom. The maximum atomic E-state index is 13.2. The Labute approximate surface area is 185 Å². The van der Waals surface area contributed by atoms with E-state index in [-0.39, 0.29) is 23.2 Å². The first-order valence-electron chi connectivity index (χ1n) is 9.37. The van der Waals surface area contributed by atoms with E-state index in [0.29, 0.717) is 17.1 Å². The predicted octanol–water partition coefficient (Wildman–Crippen LogP) is 4.76. The lowest BCUT2D eigenvalue weighted by Crippen LogP contribution is -2.27. The summed E-state index contributed by atoms with van der Waals surface area (Å²) in [5, 5.41) is 3.97. The third kappa shape index (κ3) is 4.58. The summed E-state index contributed by atoms with van der Waals surface area (Å²) in [5.41, 5.74) is 2.23. The summed E-state index contributed by atoms with van der Waals surface area (Å²) >= 11 is 3.41. The molecule has 9 heteroatoms. The summed E-state index contributed by atoms with van der Waals surface area (Å²) in [5.74, 6) is 1.41. The highest BCUT2D eigenvalue weighted by Gasteiger charge is 2.27. The van der Waals surface area contributed by atoms with Gasteiger partial charge >= 0.3 is 0 Å². The van der Waals surface area contributed by atoms with Gasteiger partial charge in [0.25, 0.3) is 0 Å². The van der Waals surface area contributed by atoms with Crippen molar-refractivity contribution < 1.29 is 17.7 Å². The molecule has 0 aliphatic carbocycles. The molecule has 3 rings (SSSR count). The largest absolute Gasteiger partial charge is 0.496 e. The second-order valence-electron chi connectivity index (χ2n) is 7.30. The maximum Gasteiger partial charge on any atom is 0.243 e. The fraction of sp³-hybridized carbons (Fsp3) is 0.333. The van der Waals surface area contributed by atoms with E-state index in [4.69, 9.17) is 9.26 Å². The van der Waals surface area contributed by atoms with Gasteiger partial charge in [-0.2, -0.15) is 9.29 Å². The molecule has 0 unspecified atom stereocenters. The topological polar surface area (TPSA) is 85.5 Å². The van der Waals surface area contributed by atoms with Gasteiger partial charge < -0.3 is 9.26 Å². The van der Waals surface area contributed by atoms with Gasteiger partial charge in [0.15, 0.2) is 0 Å². The Balaban J connectivity index is 1.88. The average Bonchev–Trinajstić information content (AvgIpc) is 3.15. The Kier molecular flexibility index (Phi) is 6.64. The highest BCUT2D eigenvalue weighted by molar-refractivity contribution is 9.10. The monoisotopic (exact) mass is 493 g/mol. The lowest BCUT2D eigenvalue weighted by atomic mass is 10.0. The molecule has 0 aliphatic rings. The first-order valence-corrected chi connectivity index (χ1v) is 11.6. The quantitative estimate of drug-likeness (QED) is 0.471. The van der Waals surface area contributed by atoms with Gasteiger partial charge in [0, 0.05) is 17.1 Å². The number of ether oxygens (including phenoxy) is 1. The molecule has 1 heterocycles. The van der Waals surface area contributed by atoms with Crippen LogP contribution < -0.4 is 4.74 Å². The Morgan fingerprint density at radius 1 is 1.23 bits per heavy atom. The second-order valence-corrected chi connectivity index (χ2v) is 10.2. The fourth-order valence-corrected chi connectivity index (χ4v) is 4.85. The molecular formula is C21H24BrN3O4S. The molecule has 0 amide bonds. The lowest BCUT2D eigenvalue weighted by molar-refractivity contribution is 0.336. The summed E-state index contributed by atoms with van der Waals surface area (Å²) in [6.45, 7) is 5.71. The Bertz CT molecular complexity index is 1160. The predicted molar refractivity (Wildman–Crippen MR) is 118 cm³/mol. The molecule has 2 aromatic carbocycles. The SMILES string of the molecule is COc1cc(C)c(S(=O)(=O)N(C)Cc2nc(-c3cccc(Br)c3)no2)cc1C(C)C. The number of hydrogen-bond acceptors (Lipinski definition) is 6. The van der Waals surface area contributed by atoms with Crippen LogP contribution in [0.3, 0.4) is 0 Å². The zero-order valence-electron chi connectivity index (χ0n) is 17.5.